The van der Waals surface area contributed by atoms with E-state index in [-0.39, 0.29) is 16.9 Å². The van der Waals surface area contributed by atoms with Gasteiger partial charge in [-0.15, -0.1) is 11.3 Å². The van der Waals surface area contributed by atoms with Crippen LogP contribution in [0.5, 0.6) is 0 Å². The van der Waals surface area contributed by atoms with Gasteiger partial charge in [0.05, 0.1) is 11.1 Å². The Labute approximate surface area is 137 Å². The zero-order valence-corrected chi connectivity index (χ0v) is 13.8. The highest BCUT2D eigenvalue weighted by molar-refractivity contribution is 8.00. The van der Waals surface area contributed by atoms with Crippen LogP contribution in [0.2, 0.25) is 0 Å². The number of benzene rings is 1. The molecule has 3 aromatic rings. The van der Waals surface area contributed by atoms with Crippen molar-refractivity contribution in [3.63, 3.8) is 0 Å². The van der Waals surface area contributed by atoms with Crippen molar-refractivity contribution in [2.24, 2.45) is 0 Å². The van der Waals surface area contributed by atoms with Crippen molar-refractivity contribution in [1.82, 2.24) is 9.55 Å². The Balaban J connectivity index is 2.38. The number of thiophene rings is 1. The number of para-hydroxylation sites is 1. The molecule has 0 aliphatic carbocycles. The second-order valence-corrected chi connectivity index (χ2v) is 7.12. The molecule has 120 valence electrons. The summed E-state index contributed by atoms with van der Waals surface area (Å²) >= 11 is 0.857. The van der Waals surface area contributed by atoms with Crippen molar-refractivity contribution in [1.29, 1.82) is 0 Å². The van der Waals surface area contributed by atoms with E-state index >= 15 is 0 Å². The van der Waals surface area contributed by atoms with Crippen molar-refractivity contribution >= 4 is 33.3 Å². The molecule has 0 unspecified atom stereocenters. The van der Waals surface area contributed by atoms with Crippen LogP contribution in [0.25, 0.3) is 15.9 Å². The lowest BCUT2D eigenvalue weighted by molar-refractivity contribution is -0.0331. The van der Waals surface area contributed by atoms with Crippen LogP contribution in [-0.4, -0.2) is 15.1 Å². The molecular weight excluding hydrogens is 345 g/mol. The van der Waals surface area contributed by atoms with Crippen molar-refractivity contribution in [2.45, 2.75) is 24.5 Å². The molecule has 0 radical (unpaired) electrons. The second kappa shape index (κ2) is 5.68. The maximum Gasteiger partial charge on any atom is 0.449 e. The van der Waals surface area contributed by atoms with Gasteiger partial charge in [0.15, 0.2) is 5.16 Å². The average molecular weight is 356 g/mol. The molecule has 0 fully saturated rings. The maximum atomic E-state index is 12.9. The van der Waals surface area contributed by atoms with E-state index in [1.165, 1.54) is 11.3 Å². The van der Waals surface area contributed by atoms with Crippen LogP contribution in [-0.2, 0) is 0 Å². The number of aryl methyl sites for hydroxylation is 2. The van der Waals surface area contributed by atoms with E-state index in [9.17, 15) is 18.0 Å². The van der Waals surface area contributed by atoms with Crippen LogP contribution in [0.4, 0.5) is 13.2 Å². The molecule has 0 bridgehead atoms. The van der Waals surface area contributed by atoms with Crippen molar-refractivity contribution in [3.8, 4) is 5.69 Å². The summed E-state index contributed by atoms with van der Waals surface area (Å²) in [6, 6.07) is 8.24. The van der Waals surface area contributed by atoms with Gasteiger partial charge in [-0.3, -0.25) is 9.36 Å². The number of aromatic nitrogens is 2. The van der Waals surface area contributed by atoms with E-state index < -0.39 is 11.1 Å². The predicted octanol–water partition coefficient (Wildman–Crippen LogP) is 4.68. The monoisotopic (exact) mass is 356 g/mol. The second-order valence-electron chi connectivity index (χ2n) is 4.88. The first-order chi connectivity index (χ1) is 10.8. The van der Waals surface area contributed by atoms with Gasteiger partial charge in [0.2, 0.25) is 0 Å². The number of nitrogens with zero attached hydrogens (tertiary/aromatic N) is 2. The minimum Gasteiger partial charge on any atom is -0.268 e. The maximum absolute atomic E-state index is 12.9. The molecule has 0 N–H and O–H groups in total. The zero-order chi connectivity index (χ0) is 16.8. The van der Waals surface area contributed by atoms with Crippen LogP contribution in [0.15, 0.2) is 40.3 Å². The van der Waals surface area contributed by atoms with Gasteiger partial charge < -0.3 is 0 Å². The van der Waals surface area contributed by atoms with Crippen LogP contribution in [0.3, 0.4) is 0 Å². The highest BCUT2D eigenvalue weighted by atomic mass is 32.2. The first-order valence-electron chi connectivity index (χ1n) is 6.62. The molecule has 2 heterocycles. The molecule has 0 saturated carbocycles. The first-order valence-corrected chi connectivity index (χ1v) is 8.25. The molecule has 2 aromatic heterocycles. The lowest BCUT2D eigenvalue weighted by atomic mass is 10.2. The molecule has 0 spiro atoms. The summed E-state index contributed by atoms with van der Waals surface area (Å²) in [6.45, 7) is 3.60. The molecular formula is C15H11F3N2OS2. The standard InChI is InChI=1S/C15H11F3N2OS2/c1-8-9(2)22-12-11(8)13(21)20(10-6-4-3-5-7-10)14(19-12)23-15(16,17)18/h3-7H,1-2H3. The van der Waals surface area contributed by atoms with Gasteiger partial charge in [0.25, 0.3) is 5.56 Å². The van der Waals surface area contributed by atoms with E-state index in [1.54, 1.807) is 37.3 Å². The van der Waals surface area contributed by atoms with Gasteiger partial charge in [-0.05, 0) is 31.5 Å². The number of halogens is 3. The summed E-state index contributed by atoms with van der Waals surface area (Å²) in [6.07, 6.45) is 0. The van der Waals surface area contributed by atoms with Gasteiger partial charge in [-0.25, -0.2) is 4.98 Å². The summed E-state index contributed by atoms with van der Waals surface area (Å²) < 4.78 is 39.6. The van der Waals surface area contributed by atoms with E-state index in [0.29, 0.717) is 15.9 Å². The third-order valence-electron chi connectivity index (χ3n) is 3.39. The summed E-state index contributed by atoms with van der Waals surface area (Å²) in [4.78, 5) is 18.1. The van der Waals surface area contributed by atoms with Gasteiger partial charge in [0.1, 0.15) is 4.83 Å². The van der Waals surface area contributed by atoms with Gasteiger partial charge in [0, 0.05) is 16.6 Å². The number of hydrogen-bond acceptors (Lipinski definition) is 4. The summed E-state index contributed by atoms with van der Waals surface area (Å²) in [7, 11) is 0. The normalized spacial score (nSPS) is 12.0. The van der Waals surface area contributed by atoms with E-state index in [0.717, 1.165) is 15.0 Å². The fourth-order valence-corrected chi connectivity index (χ4v) is 3.95. The lowest BCUT2D eigenvalue weighted by Gasteiger charge is -2.13. The Morgan fingerprint density at radius 1 is 1.17 bits per heavy atom. The van der Waals surface area contributed by atoms with E-state index in [4.69, 9.17) is 0 Å². The Bertz CT molecular complexity index is 930. The van der Waals surface area contributed by atoms with E-state index in [1.807, 2.05) is 6.92 Å². The highest BCUT2D eigenvalue weighted by Gasteiger charge is 2.33. The highest BCUT2D eigenvalue weighted by Crippen LogP contribution is 2.38. The summed E-state index contributed by atoms with van der Waals surface area (Å²) in [5, 5.41) is 0.00493. The Morgan fingerprint density at radius 3 is 2.43 bits per heavy atom. The average Bonchev–Trinajstić information content (AvgIpc) is 2.73. The van der Waals surface area contributed by atoms with Crippen LogP contribution >= 0.6 is 23.1 Å². The number of alkyl halides is 3. The number of thioether (sulfide) groups is 1. The molecule has 0 atom stereocenters. The third-order valence-corrected chi connectivity index (χ3v) is 5.18. The van der Waals surface area contributed by atoms with Crippen molar-refractivity contribution in [3.05, 3.63) is 51.1 Å². The Hall–Kier alpha value is -1.80. The van der Waals surface area contributed by atoms with Gasteiger partial charge in [-0.2, -0.15) is 13.2 Å². The van der Waals surface area contributed by atoms with Crippen LogP contribution < -0.4 is 5.56 Å². The Kier molecular flexibility index (Phi) is 3.97. The largest absolute Gasteiger partial charge is 0.449 e. The SMILES string of the molecule is Cc1sc2nc(SC(F)(F)F)n(-c3ccccc3)c(=O)c2c1C. The summed E-state index contributed by atoms with van der Waals surface area (Å²) in [5.74, 6) is 0. The zero-order valence-electron chi connectivity index (χ0n) is 12.1. The molecule has 1 aromatic carbocycles. The molecule has 0 aliphatic heterocycles. The minimum absolute atomic E-state index is 0.337. The Morgan fingerprint density at radius 2 is 1.83 bits per heavy atom. The van der Waals surface area contributed by atoms with E-state index in [2.05, 4.69) is 4.98 Å². The molecule has 8 heteroatoms. The fourth-order valence-electron chi connectivity index (χ4n) is 2.25. The lowest BCUT2D eigenvalue weighted by Crippen LogP contribution is -2.22. The fraction of sp³-hybridized carbons (Fsp3) is 0.200. The number of rotatable bonds is 2. The molecule has 0 amide bonds. The molecule has 0 saturated heterocycles. The molecule has 3 rings (SSSR count). The summed E-state index contributed by atoms with van der Waals surface area (Å²) in [5.41, 5.74) is -3.88. The van der Waals surface area contributed by atoms with Gasteiger partial charge >= 0.3 is 5.51 Å². The molecule has 3 nitrogen and oxygen atoms in total. The smallest absolute Gasteiger partial charge is 0.268 e. The number of fused-ring (bicyclic) bond motifs is 1. The predicted molar refractivity (Wildman–Crippen MR) is 86.6 cm³/mol. The van der Waals surface area contributed by atoms with Crippen molar-refractivity contribution < 1.29 is 13.2 Å². The third kappa shape index (κ3) is 3.00. The molecule has 0 aliphatic rings. The number of hydrogen-bond donors (Lipinski definition) is 0. The minimum atomic E-state index is -4.52. The van der Waals surface area contributed by atoms with Crippen LogP contribution in [0.1, 0.15) is 10.4 Å². The first kappa shape index (κ1) is 16.1. The molecule has 23 heavy (non-hydrogen) atoms. The van der Waals surface area contributed by atoms with Crippen molar-refractivity contribution in [2.75, 3.05) is 0 Å². The van der Waals surface area contributed by atoms with Gasteiger partial charge in [-0.1, -0.05) is 18.2 Å². The topological polar surface area (TPSA) is 34.9 Å². The quantitative estimate of drug-likeness (QED) is 0.494. The van der Waals surface area contributed by atoms with Crippen LogP contribution in [0, 0.1) is 13.8 Å².